The van der Waals surface area contributed by atoms with Gasteiger partial charge in [0.25, 0.3) is 5.91 Å². The predicted octanol–water partition coefficient (Wildman–Crippen LogP) is 4.93. The van der Waals surface area contributed by atoms with Crippen LogP contribution in [-0.4, -0.2) is 60.7 Å². The van der Waals surface area contributed by atoms with Crippen LogP contribution in [-0.2, 0) is 16.1 Å². The third-order valence-corrected chi connectivity index (χ3v) is 8.47. The highest BCUT2D eigenvalue weighted by atomic mass is 16.2. The first-order valence-corrected chi connectivity index (χ1v) is 14.3. The van der Waals surface area contributed by atoms with Crippen molar-refractivity contribution in [1.82, 2.24) is 9.80 Å². The van der Waals surface area contributed by atoms with E-state index in [1.807, 2.05) is 60.5 Å². The fourth-order valence-corrected chi connectivity index (χ4v) is 6.23. The number of hydrogen-bond donors (Lipinski definition) is 1. The smallest absolute Gasteiger partial charge is 0.256 e. The summed E-state index contributed by atoms with van der Waals surface area (Å²) in [6.07, 6.45) is 8.39. The molecular weight excluding hydrogens is 476 g/mol. The van der Waals surface area contributed by atoms with Crippen LogP contribution in [0.15, 0.2) is 48.5 Å². The van der Waals surface area contributed by atoms with Crippen LogP contribution in [0.4, 0.5) is 11.4 Å². The van der Waals surface area contributed by atoms with E-state index in [1.54, 1.807) is 4.90 Å². The number of anilines is 2. The Balaban J connectivity index is 1.34. The summed E-state index contributed by atoms with van der Waals surface area (Å²) < 4.78 is 0. The number of hydrogen-bond acceptors (Lipinski definition) is 4. The van der Waals surface area contributed by atoms with Crippen molar-refractivity contribution >= 4 is 29.1 Å². The van der Waals surface area contributed by atoms with Crippen molar-refractivity contribution in [2.75, 3.05) is 43.4 Å². The molecule has 3 aliphatic rings. The van der Waals surface area contributed by atoms with Gasteiger partial charge >= 0.3 is 0 Å². The van der Waals surface area contributed by atoms with E-state index in [0.29, 0.717) is 49.9 Å². The van der Waals surface area contributed by atoms with Crippen molar-refractivity contribution in [3.63, 3.8) is 0 Å². The van der Waals surface area contributed by atoms with Crippen LogP contribution >= 0.6 is 0 Å². The number of amides is 3. The summed E-state index contributed by atoms with van der Waals surface area (Å²) in [6, 6.07) is 15.7. The van der Waals surface area contributed by atoms with Gasteiger partial charge in [0.15, 0.2) is 0 Å². The molecule has 3 fully saturated rings. The third kappa shape index (κ3) is 6.03. The second kappa shape index (κ2) is 12.0. The molecule has 1 N–H and O–H groups in total. The molecule has 0 atom stereocenters. The van der Waals surface area contributed by atoms with Crippen LogP contribution in [0, 0.1) is 11.8 Å². The predicted molar refractivity (Wildman–Crippen MR) is 150 cm³/mol. The summed E-state index contributed by atoms with van der Waals surface area (Å²) in [7, 11) is 1.82. The standard InChI is InChI=1S/C31H40N4O3/c1-33(22-23-9-3-2-4-10-23)31(38)27-21-26(32-29(36)24-11-5-6-12-24)15-16-28(27)34-17-19-35(20-18-34)30(37)25-13-7-8-14-25/h2-4,9-10,15-16,21,24-25H,5-8,11-14,17-20,22H2,1H3,(H,32,36). The molecular formula is C31H40N4O3. The molecule has 5 rings (SSSR count). The average molecular weight is 517 g/mol. The maximum Gasteiger partial charge on any atom is 0.256 e. The fourth-order valence-electron chi connectivity index (χ4n) is 6.23. The second-order valence-corrected chi connectivity index (χ2v) is 11.1. The van der Waals surface area contributed by atoms with Crippen molar-refractivity contribution in [3.8, 4) is 0 Å². The summed E-state index contributed by atoms with van der Waals surface area (Å²) in [4.78, 5) is 45.5. The first kappa shape index (κ1) is 26.3. The van der Waals surface area contributed by atoms with Gasteiger partial charge in [-0.3, -0.25) is 14.4 Å². The minimum absolute atomic E-state index is 0.0466. The highest BCUT2D eigenvalue weighted by molar-refractivity contribution is 6.02. The second-order valence-electron chi connectivity index (χ2n) is 11.1. The van der Waals surface area contributed by atoms with E-state index in [0.717, 1.165) is 62.6 Å². The third-order valence-electron chi connectivity index (χ3n) is 8.47. The molecule has 7 nitrogen and oxygen atoms in total. The Bertz CT molecular complexity index is 1130. The Morgan fingerprint density at radius 1 is 0.842 bits per heavy atom. The summed E-state index contributed by atoms with van der Waals surface area (Å²) in [6.45, 7) is 3.22. The summed E-state index contributed by atoms with van der Waals surface area (Å²) in [5.74, 6) is 0.509. The Labute approximate surface area is 226 Å². The molecule has 7 heteroatoms. The van der Waals surface area contributed by atoms with E-state index in [9.17, 15) is 14.4 Å². The van der Waals surface area contributed by atoms with Crippen LogP contribution in [0.5, 0.6) is 0 Å². The lowest BCUT2D eigenvalue weighted by Gasteiger charge is -2.38. The molecule has 0 radical (unpaired) electrons. The molecule has 1 saturated heterocycles. The molecule has 3 amide bonds. The first-order chi connectivity index (χ1) is 18.5. The molecule has 38 heavy (non-hydrogen) atoms. The number of rotatable bonds is 7. The lowest BCUT2D eigenvalue weighted by atomic mass is 10.0. The van der Waals surface area contributed by atoms with Crippen LogP contribution in [0.2, 0.25) is 0 Å². The van der Waals surface area contributed by atoms with Gasteiger partial charge in [0.05, 0.1) is 5.56 Å². The average Bonchev–Trinajstić information content (AvgIpc) is 3.68. The monoisotopic (exact) mass is 516 g/mol. The summed E-state index contributed by atoms with van der Waals surface area (Å²) in [5.41, 5.74) is 3.18. The van der Waals surface area contributed by atoms with Crippen molar-refractivity contribution < 1.29 is 14.4 Å². The molecule has 2 saturated carbocycles. The molecule has 2 aromatic rings. The maximum absolute atomic E-state index is 13.8. The van der Waals surface area contributed by atoms with Gasteiger partial charge in [-0.25, -0.2) is 0 Å². The van der Waals surface area contributed by atoms with Gasteiger partial charge in [-0.2, -0.15) is 0 Å². The quantitative estimate of drug-likeness (QED) is 0.567. The molecule has 1 heterocycles. The minimum Gasteiger partial charge on any atom is -0.367 e. The van der Waals surface area contributed by atoms with Gasteiger partial charge in [0.2, 0.25) is 11.8 Å². The van der Waals surface area contributed by atoms with E-state index in [4.69, 9.17) is 0 Å². The maximum atomic E-state index is 13.8. The SMILES string of the molecule is CN(Cc1ccccc1)C(=O)c1cc(NC(=O)C2CCCC2)ccc1N1CCN(C(=O)C2CCCC2)CC1. The normalized spacial score (nSPS) is 18.6. The van der Waals surface area contributed by atoms with E-state index < -0.39 is 0 Å². The largest absolute Gasteiger partial charge is 0.367 e. The van der Waals surface area contributed by atoms with Gasteiger partial charge in [-0.15, -0.1) is 0 Å². The first-order valence-electron chi connectivity index (χ1n) is 14.3. The van der Waals surface area contributed by atoms with Crippen molar-refractivity contribution in [3.05, 3.63) is 59.7 Å². The summed E-state index contributed by atoms with van der Waals surface area (Å²) >= 11 is 0. The number of nitrogens with zero attached hydrogens (tertiary/aromatic N) is 3. The molecule has 0 spiro atoms. The van der Waals surface area contributed by atoms with Gasteiger partial charge in [-0.1, -0.05) is 56.0 Å². The topological polar surface area (TPSA) is 73.0 Å². The molecule has 2 aromatic carbocycles. The van der Waals surface area contributed by atoms with Crippen molar-refractivity contribution in [1.29, 1.82) is 0 Å². The molecule has 0 bridgehead atoms. The molecule has 0 aromatic heterocycles. The van der Waals surface area contributed by atoms with Gasteiger partial charge < -0.3 is 20.0 Å². The van der Waals surface area contributed by atoms with Crippen LogP contribution in [0.3, 0.4) is 0 Å². The lowest BCUT2D eigenvalue weighted by molar-refractivity contribution is -0.135. The highest BCUT2D eigenvalue weighted by Gasteiger charge is 2.31. The van der Waals surface area contributed by atoms with Crippen molar-refractivity contribution in [2.45, 2.75) is 57.9 Å². The molecule has 2 aliphatic carbocycles. The number of benzene rings is 2. The number of carbonyl (C=O) groups is 3. The summed E-state index contributed by atoms with van der Waals surface area (Å²) in [5, 5.41) is 3.07. The van der Waals surface area contributed by atoms with E-state index >= 15 is 0 Å². The molecule has 0 unspecified atom stereocenters. The minimum atomic E-state index is -0.0784. The van der Waals surface area contributed by atoms with Crippen LogP contribution < -0.4 is 10.2 Å². The van der Waals surface area contributed by atoms with E-state index in [1.165, 1.54) is 0 Å². The molecule has 1 aliphatic heterocycles. The number of carbonyl (C=O) groups excluding carboxylic acids is 3. The Kier molecular flexibility index (Phi) is 8.30. The Morgan fingerprint density at radius 2 is 1.47 bits per heavy atom. The highest BCUT2D eigenvalue weighted by Crippen LogP contribution is 2.31. The fraction of sp³-hybridized carbons (Fsp3) is 0.516. The van der Waals surface area contributed by atoms with Crippen LogP contribution in [0.1, 0.15) is 67.3 Å². The Morgan fingerprint density at radius 3 is 2.13 bits per heavy atom. The van der Waals surface area contributed by atoms with Gasteiger partial charge in [0.1, 0.15) is 0 Å². The zero-order chi connectivity index (χ0) is 26.5. The zero-order valence-corrected chi connectivity index (χ0v) is 22.5. The number of nitrogens with one attached hydrogen (secondary N) is 1. The van der Waals surface area contributed by atoms with Crippen molar-refractivity contribution in [2.24, 2.45) is 11.8 Å². The zero-order valence-electron chi connectivity index (χ0n) is 22.5. The van der Waals surface area contributed by atoms with Gasteiger partial charge in [-0.05, 0) is 49.4 Å². The van der Waals surface area contributed by atoms with Gasteiger partial charge in [0, 0.05) is 63.0 Å². The number of piperazine rings is 1. The van der Waals surface area contributed by atoms with Crippen LogP contribution in [0.25, 0.3) is 0 Å². The van der Waals surface area contributed by atoms with E-state index in [2.05, 4.69) is 10.2 Å². The lowest BCUT2D eigenvalue weighted by Crippen LogP contribution is -2.50. The molecule has 202 valence electrons. The Hall–Kier alpha value is -3.35. The van der Waals surface area contributed by atoms with E-state index in [-0.39, 0.29) is 23.7 Å².